The SMILES string of the molecule is CCCCN1C(=O)c2cccc3c(C(=O)c4ccc(-c5ccccc5)cc4)ccc(c23)C1=O. The van der Waals surface area contributed by atoms with Gasteiger partial charge in [0.05, 0.1) is 0 Å². The second-order valence-electron chi connectivity index (χ2n) is 8.28. The summed E-state index contributed by atoms with van der Waals surface area (Å²) in [6.45, 7) is 2.43. The van der Waals surface area contributed by atoms with E-state index in [4.69, 9.17) is 0 Å². The van der Waals surface area contributed by atoms with E-state index in [2.05, 4.69) is 0 Å². The van der Waals surface area contributed by atoms with Crippen LogP contribution >= 0.6 is 0 Å². The zero-order chi connectivity index (χ0) is 22.9. The Bertz CT molecular complexity index is 1370. The summed E-state index contributed by atoms with van der Waals surface area (Å²) in [6, 6.07) is 26.2. The van der Waals surface area contributed by atoms with Crippen LogP contribution in [0.15, 0.2) is 84.9 Å². The van der Waals surface area contributed by atoms with Crippen LogP contribution in [-0.2, 0) is 0 Å². The van der Waals surface area contributed by atoms with Gasteiger partial charge in [0.15, 0.2) is 5.78 Å². The Morgan fingerprint density at radius 1 is 0.727 bits per heavy atom. The fourth-order valence-electron chi connectivity index (χ4n) is 4.46. The molecule has 0 spiro atoms. The van der Waals surface area contributed by atoms with Crippen LogP contribution in [0.25, 0.3) is 21.9 Å². The van der Waals surface area contributed by atoms with Crippen LogP contribution in [-0.4, -0.2) is 29.0 Å². The Morgan fingerprint density at radius 3 is 2.09 bits per heavy atom. The molecule has 0 aliphatic carbocycles. The highest BCUT2D eigenvalue weighted by molar-refractivity contribution is 6.28. The van der Waals surface area contributed by atoms with E-state index in [1.165, 1.54) is 4.90 Å². The number of rotatable bonds is 6. The molecule has 0 radical (unpaired) electrons. The van der Waals surface area contributed by atoms with Crippen molar-refractivity contribution in [1.29, 1.82) is 0 Å². The standard InChI is InChI=1S/C29H23NO3/c1-2-3-18-30-28(32)24-11-7-10-22-23(16-17-25(26(22)24)29(30)33)27(31)21-14-12-20(13-15-21)19-8-5-4-6-9-19/h4-17H,2-3,18H2,1H3. The van der Waals surface area contributed by atoms with Crippen LogP contribution in [0.4, 0.5) is 0 Å². The van der Waals surface area contributed by atoms with Crippen molar-refractivity contribution in [2.75, 3.05) is 6.54 Å². The van der Waals surface area contributed by atoms with Gasteiger partial charge in [-0.25, -0.2) is 0 Å². The number of carbonyl (C=O) groups is 3. The van der Waals surface area contributed by atoms with Gasteiger partial charge in [-0.3, -0.25) is 19.3 Å². The van der Waals surface area contributed by atoms with E-state index < -0.39 is 0 Å². The Hall–Kier alpha value is -4.05. The van der Waals surface area contributed by atoms with Crippen molar-refractivity contribution < 1.29 is 14.4 Å². The zero-order valence-electron chi connectivity index (χ0n) is 18.4. The number of ketones is 1. The lowest BCUT2D eigenvalue weighted by molar-refractivity contribution is 0.0608. The molecule has 2 amide bonds. The van der Waals surface area contributed by atoms with Gasteiger partial charge >= 0.3 is 0 Å². The smallest absolute Gasteiger partial charge is 0.261 e. The highest BCUT2D eigenvalue weighted by Crippen LogP contribution is 2.33. The van der Waals surface area contributed by atoms with E-state index in [0.29, 0.717) is 39.6 Å². The maximum atomic E-state index is 13.4. The molecule has 4 heteroatoms. The summed E-state index contributed by atoms with van der Waals surface area (Å²) in [5, 5.41) is 1.21. The van der Waals surface area contributed by atoms with Crippen LogP contribution in [0.5, 0.6) is 0 Å². The van der Waals surface area contributed by atoms with Crippen molar-refractivity contribution in [3.05, 3.63) is 107 Å². The maximum absolute atomic E-state index is 13.4. The molecule has 1 aliphatic rings. The Labute approximate surface area is 192 Å². The van der Waals surface area contributed by atoms with Crippen molar-refractivity contribution in [2.24, 2.45) is 0 Å². The molecule has 162 valence electrons. The lowest BCUT2D eigenvalue weighted by atomic mass is 9.88. The number of imide groups is 1. The summed E-state index contributed by atoms with van der Waals surface area (Å²) in [6.07, 6.45) is 1.66. The molecular weight excluding hydrogens is 410 g/mol. The summed E-state index contributed by atoms with van der Waals surface area (Å²) in [5.74, 6) is -0.710. The molecule has 0 saturated carbocycles. The number of hydrogen-bond acceptors (Lipinski definition) is 3. The third-order valence-electron chi connectivity index (χ3n) is 6.23. The average molecular weight is 434 g/mol. The maximum Gasteiger partial charge on any atom is 0.261 e. The first kappa shape index (κ1) is 20.8. The molecule has 0 aromatic heterocycles. The number of nitrogens with zero attached hydrogens (tertiary/aromatic N) is 1. The lowest BCUT2D eigenvalue weighted by Gasteiger charge is -2.27. The molecule has 33 heavy (non-hydrogen) atoms. The van der Waals surface area contributed by atoms with E-state index in [1.54, 1.807) is 24.3 Å². The van der Waals surface area contributed by atoms with E-state index in [1.807, 2.05) is 67.6 Å². The van der Waals surface area contributed by atoms with Gasteiger partial charge in [-0.1, -0.05) is 80.1 Å². The molecule has 0 saturated heterocycles. The van der Waals surface area contributed by atoms with Crippen molar-refractivity contribution in [1.82, 2.24) is 4.90 Å². The summed E-state index contributed by atoms with van der Waals surface area (Å²) in [4.78, 5) is 40.9. The van der Waals surface area contributed by atoms with Crippen molar-refractivity contribution in [2.45, 2.75) is 19.8 Å². The predicted octanol–water partition coefficient (Wildman–Crippen LogP) is 6.13. The quantitative estimate of drug-likeness (QED) is 0.271. The monoisotopic (exact) mass is 433 g/mol. The van der Waals surface area contributed by atoms with Crippen LogP contribution in [0, 0.1) is 0 Å². The molecule has 0 atom stereocenters. The minimum atomic E-state index is -0.289. The molecule has 1 aliphatic heterocycles. The number of hydrogen-bond donors (Lipinski definition) is 0. The van der Waals surface area contributed by atoms with Gasteiger partial charge < -0.3 is 0 Å². The highest BCUT2D eigenvalue weighted by Gasteiger charge is 2.33. The van der Waals surface area contributed by atoms with Gasteiger partial charge in [0, 0.05) is 34.2 Å². The third-order valence-corrected chi connectivity index (χ3v) is 6.23. The molecule has 0 fully saturated rings. The zero-order valence-corrected chi connectivity index (χ0v) is 18.4. The second kappa shape index (κ2) is 8.47. The fourth-order valence-corrected chi connectivity index (χ4v) is 4.46. The van der Waals surface area contributed by atoms with Gasteiger partial charge in [-0.15, -0.1) is 0 Å². The number of benzene rings is 4. The first-order valence-electron chi connectivity index (χ1n) is 11.2. The third kappa shape index (κ3) is 3.54. The summed E-state index contributed by atoms with van der Waals surface area (Å²) in [5.41, 5.74) is 4.13. The summed E-state index contributed by atoms with van der Waals surface area (Å²) in [7, 11) is 0. The van der Waals surface area contributed by atoms with Crippen LogP contribution in [0.3, 0.4) is 0 Å². The van der Waals surface area contributed by atoms with E-state index in [-0.39, 0.29) is 17.6 Å². The van der Waals surface area contributed by atoms with Crippen LogP contribution < -0.4 is 0 Å². The van der Waals surface area contributed by atoms with Gasteiger partial charge in [-0.2, -0.15) is 0 Å². The number of amides is 2. The number of unbranched alkanes of at least 4 members (excludes halogenated alkanes) is 1. The van der Waals surface area contributed by atoms with Crippen molar-refractivity contribution in [3.8, 4) is 11.1 Å². The molecule has 0 bridgehead atoms. The largest absolute Gasteiger partial charge is 0.289 e. The van der Waals surface area contributed by atoms with E-state index in [9.17, 15) is 14.4 Å². The van der Waals surface area contributed by atoms with Gasteiger partial charge in [-0.05, 0) is 41.1 Å². The molecule has 0 N–H and O–H groups in total. The second-order valence-corrected chi connectivity index (χ2v) is 8.28. The topological polar surface area (TPSA) is 54.5 Å². The first-order valence-corrected chi connectivity index (χ1v) is 11.2. The Balaban J connectivity index is 1.55. The van der Waals surface area contributed by atoms with Crippen molar-refractivity contribution in [3.63, 3.8) is 0 Å². The van der Waals surface area contributed by atoms with Crippen LogP contribution in [0.1, 0.15) is 56.4 Å². The highest BCUT2D eigenvalue weighted by atomic mass is 16.2. The molecule has 4 aromatic carbocycles. The normalized spacial score (nSPS) is 12.9. The Morgan fingerprint density at radius 2 is 1.39 bits per heavy atom. The molecule has 5 rings (SSSR count). The summed E-state index contributed by atoms with van der Waals surface area (Å²) < 4.78 is 0. The first-order chi connectivity index (χ1) is 16.1. The predicted molar refractivity (Wildman–Crippen MR) is 130 cm³/mol. The van der Waals surface area contributed by atoms with Gasteiger partial charge in [0.1, 0.15) is 0 Å². The minimum absolute atomic E-state index is 0.133. The van der Waals surface area contributed by atoms with Gasteiger partial charge in [0.25, 0.3) is 11.8 Å². The molecular formula is C29H23NO3. The fraction of sp³-hybridized carbons (Fsp3) is 0.138. The van der Waals surface area contributed by atoms with E-state index >= 15 is 0 Å². The molecule has 0 unspecified atom stereocenters. The summed E-state index contributed by atoms with van der Waals surface area (Å²) >= 11 is 0. The lowest BCUT2D eigenvalue weighted by Crippen LogP contribution is -2.40. The molecule has 1 heterocycles. The van der Waals surface area contributed by atoms with E-state index in [0.717, 1.165) is 24.0 Å². The minimum Gasteiger partial charge on any atom is -0.289 e. The molecule has 4 nitrogen and oxygen atoms in total. The Kier molecular flexibility index (Phi) is 5.35. The van der Waals surface area contributed by atoms with Crippen molar-refractivity contribution >= 4 is 28.4 Å². The van der Waals surface area contributed by atoms with Crippen LogP contribution in [0.2, 0.25) is 0 Å². The average Bonchev–Trinajstić information content (AvgIpc) is 2.87. The van der Waals surface area contributed by atoms with Gasteiger partial charge in [0.2, 0.25) is 0 Å². The number of carbonyl (C=O) groups excluding carboxylic acids is 3. The molecule has 4 aromatic rings.